The van der Waals surface area contributed by atoms with Crippen LogP contribution in [-0.4, -0.2) is 52.1 Å². The van der Waals surface area contributed by atoms with E-state index in [1.807, 2.05) is 13.8 Å². The molecule has 0 aromatic rings. The summed E-state index contributed by atoms with van der Waals surface area (Å²) in [5.74, 6) is -4.11. The van der Waals surface area contributed by atoms with Crippen molar-refractivity contribution in [1.82, 2.24) is 0 Å². The standard InChI is InChI=1S/C28H37NO6/c1-13-16-8-9-17-25-12-35-28(34,22(32)20(25)24(2,3)11-10-18(25)30)27(17)19(16)26(13,23(27)33)21(31)14-4-6-15(29)7-5-14/h14-17,19-20,22,32,34H,1,4-12,29H2,2-3H3/t14?,15?,16-,17-,19-,20+,22-,25+,26?,27+,28+/m0/s1. The van der Waals surface area contributed by atoms with Gasteiger partial charge in [0.1, 0.15) is 17.3 Å². The summed E-state index contributed by atoms with van der Waals surface area (Å²) in [5.41, 5.74) is 2.65. The van der Waals surface area contributed by atoms with Gasteiger partial charge in [-0.1, -0.05) is 26.0 Å². The van der Waals surface area contributed by atoms with Crippen molar-refractivity contribution in [3.05, 3.63) is 12.2 Å². The molecule has 2 saturated heterocycles. The van der Waals surface area contributed by atoms with Crippen LogP contribution in [0.15, 0.2) is 12.2 Å². The number of aliphatic hydroxyl groups is 2. The van der Waals surface area contributed by atoms with Crippen LogP contribution in [-0.2, 0) is 19.1 Å². The van der Waals surface area contributed by atoms with Gasteiger partial charge < -0.3 is 20.7 Å². The number of carbonyl (C=O) groups is 3. The minimum atomic E-state index is -2.08. The fraction of sp³-hybridized carbons (Fsp3) is 0.821. The van der Waals surface area contributed by atoms with Crippen molar-refractivity contribution in [2.24, 2.45) is 57.0 Å². The Kier molecular flexibility index (Phi) is 4.13. The van der Waals surface area contributed by atoms with Crippen molar-refractivity contribution in [3.8, 4) is 0 Å². The molecule has 2 heterocycles. The van der Waals surface area contributed by atoms with E-state index in [2.05, 4.69) is 6.58 Å². The molecule has 35 heavy (non-hydrogen) atoms. The smallest absolute Gasteiger partial charge is 0.205 e. The Morgan fingerprint density at radius 3 is 2.46 bits per heavy atom. The summed E-state index contributed by atoms with van der Waals surface area (Å²) < 4.78 is 6.06. The van der Waals surface area contributed by atoms with E-state index >= 15 is 0 Å². The van der Waals surface area contributed by atoms with E-state index in [0.29, 0.717) is 37.7 Å². The van der Waals surface area contributed by atoms with E-state index < -0.39 is 45.9 Å². The van der Waals surface area contributed by atoms with Crippen LogP contribution in [0.4, 0.5) is 0 Å². The number of ether oxygens (including phenoxy) is 1. The molecule has 190 valence electrons. The lowest BCUT2D eigenvalue weighted by Crippen LogP contribution is -2.95. The third-order valence-electron chi connectivity index (χ3n) is 12.3. The molecule has 4 N–H and O–H groups in total. The zero-order valence-corrected chi connectivity index (χ0v) is 20.7. The number of rotatable bonds is 2. The molecule has 6 saturated carbocycles. The Morgan fingerprint density at radius 1 is 1.09 bits per heavy atom. The first-order chi connectivity index (χ1) is 16.4. The van der Waals surface area contributed by atoms with Crippen molar-refractivity contribution in [3.63, 3.8) is 0 Å². The van der Waals surface area contributed by atoms with E-state index in [-0.39, 0.29) is 47.2 Å². The largest absolute Gasteiger partial charge is 0.387 e. The van der Waals surface area contributed by atoms with Crippen LogP contribution in [0.3, 0.4) is 0 Å². The lowest BCUT2D eigenvalue weighted by Gasteiger charge is -2.84. The second-order valence-corrected chi connectivity index (χ2v) is 13.6. The third kappa shape index (κ3) is 2.00. The topological polar surface area (TPSA) is 127 Å². The minimum absolute atomic E-state index is 0.0347. The monoisotopic (exact) mass is 483 g/mol. The summed E-state index contributed by atoms with van der Waals surface area (Å²) in [7, 11) is 0. The van der Waals surface area contributed by atoms with Gasteiger partial charge in [-0.25, -0.2) is 0 Å². The highest BCUT2D eigenvalue weighted by Gasteiger charge is 2.96. The molecule has 9 atom stereocenters. The number of nitrogens with two attached hydrogens (primary N) is 1. The minimum Gasteiger partial charge on any atom is -0.387 e. The summed E-state index contributed by atoms with van der Waals surface area (Å²) in [6, 6.07) is 0.0893. The van der Waals surface area contributed by atoms with Crippen LogP contribution in [0.5, 0.6) is 0 Å². The molecule has 8 fully saturated rings. The molecule has 8 rings (SSSR count). The van der Waals surface area contributed by atoms with Crippen molar-refractivity contribution >= 4 is 17.3 Å². The summed E-state index contributed by atoms with van der Waals surface area (Å²) in [4.78, 5) is 42.4. The molecule has 0 aromatic carbocycles. The Balaban J connectivity index is 1.38. The Bertz CT molecular complexity index is 1090. The lowest BCUT2D eigenvalue weighted by molar-refractivity contribution is -0.460. The van der Waals surface area contributed by atoms with Crippen molar-refractivity contribution in [1.29, 1.82) is 0 Å². The maximum Gasteiger partial charge on any atom is 0.205 e. The van der Waals surface area contributed by atoms with Gasteiger partial charge in [0.25, 0.3) is 0 Å². The molecule has 1 unspecified atom stereocenters. The molecule has 6 aliphatic carbocycles. The maximum absolute atomic E-state index is 14.6. The van der Waals surface area contributed by atoms with Gasteiger partial charge in [-0.15, -0.1) is 0 Å². The summed E-state index contributed by atoms with van der Waals surface area (Å²) in [6.45, 7) is 8.39. The molecular weight excluding hydrogens is 446 g/mol. The molecule has 0 radical (unpaired) electrons. The van der Waals surface area contributed by atoms with Gasteiger partial charge >= 0.3 is 0 Å². The van der Waals surface area contributed by atoms with Gasteiger partial charge in [0.15, 0.2) is 11.6 Å². The molecule has 8 aliphatic rings. The first-order valence-corrected chi connectivity index (χ1v) is 13.5. The van der Waals surface area contributed by atoms with Gasteiger partial charge in [0.05, 0.1) is 17.4 Å². The van der Waals surface area contributed by atoms with Gasteiger partial charge in [0, 0.05) is 30.2 Å². The highest BCUT2D eigenvalue weighted by atomic mass is 16.6. The SMILES string of the molecule is C=C1[C@@H]2CC[C@H]3[C@@]45CO[C@](O)([C@@H](O)[C@@H]4C(C)(C)CCC5=O)[C@]34C(=O)C1(C(=O)C1CCC(N)CC1)[C@H]24. The Hall–Kier alpha value is -1.41. The fourth-order valence-electron chi connectivity index (χ4n) is 10.9. The zero-order valence-electron chi connectivity index (χ0n) is 20.7. The second-order valence-electron chi connectivity index (χ2n) is 13.6. The lowest BCUT2D eigenvalue weighted by atomic mass is 9.18. The quantitative estimate of drug-likeness (QED) is 0.405. The van der Waals surface area contributed by atoms with Crippen LogP contribution in [0.1, 0.15) is 65.2 Å². The Labute approximate surface area is 205 Å². The van der Waals surface area contributed by atoms with Crippen LogP contribution >= 0.6 is 0 Å². The van der Waals surface area contributed by atoms with Crippen LogP contribution in [0.2, 0.25) is 0 Å². The molecule has 2 spiro atoms. The predicted molar refractivity (Wildman–Crippen MR) is 125 cm³/mol. The number of hydrogen-bond acceptors (Lipinski definition) is 7. The van der Waals surface area contributed by atoms with Gasteiger partial charge in [0.2, 0.25) is 5.79 Å². The average molecular weight is 484 g/mol. The van der Waals surface area contributed by atoms with E-state index in [4.69, 9.17) is 10.5 Å². The van der Waals surface area contributed by atoms with Crippen LogP contribution < -0.4 is 5.73 Å². The number of carbonyl (C=O) groups excluding carboxylic acids is 3. The number of Topliss-reactive ketones (excluding diaryl/α,β-unsaturated/α-hetero) is 3. The number of hydrogen-bond donors (Lipinski definition) is 3. The van der Waals surface area contributed by atoms with E-state index in [1.54, 1.807) is 0 Å². The molecule has 7 nitrogen and oxygen atoms in total. The molecule has 7 heteroatoms. The summed E-state index contributed by atoms with van der Waals surface area (Å²) >= 11 is 0. The van der Waals surface area contributed by atoms with E-state index in [1.165, 1.54) is 0 Å². The average Bonchev–Trinajstić information content (AvgIpc) is 2.82. The second kappa shape index (κ2) is 6.35. The summed E-state index contributed by atoms with van der Waals surface area (Å²) in [5, 5.41) is 23.9. The van der Waals surface area contributed by atoms with Crippen molar-refractivity contribution in [2.45, 2.75) is 83.1 Å². The number of aliphatic hydroxyl groups excluding tert-OH is 1. The predicted octanol–water partition coefficient (Wildman–Crippen LogP) is 1.93. The van der Waals surface area contributed by atoms with Crippen molar-refractivity contribution < 1.29 is 29.3 Å². The number of fused-ring (bicyclic) bond motifs is 1. The molecule has 2 aliphatic heterocycles. The van der Waals surface area contributed by atoms with Crippen LogP contribution in [0, 0.1) is 51.2 Å². The highest BCUT2D eigenvalue weighted by Crippen LogP contribution is 2.87. The maximum atomic E-state index is 14.6. The van der Waals surface area contributed by atoms with E-state index in [0.717, 1.165) is 19.3 Å². The van der Waals surface area contributed by atoms with Gasteiger partial charge in [-0.3, -0.25) is 14.4 Å². The van der Waals surface area contributed by atoms with Crippen LogP contribution in [0.25, 0.3) is 0 Å². The van der Waals surface area contributed by atoms with E-state index in [9.17, 15) is 24.6 Å². The molecule has 0 aromatic heterocycles. The van der Waals surface area contributed by atoms with Gasteiger partial charge in [-0.2, -0.15) is 0 Å². The number of ketones is 3. The molecule has 2 bridgehead atoms. The Morgan fingerprint density at radius 2 is 1.77 bits per heavy atom. The fourth-order valence-corrected chi connectivity index (χ4v) is 10.9. The normalized spacial score (nSPS) is 57.4. The zero-order chi connectivity index (χ0) is 24.9. The highest BCUT2D eigenvalue weighted by molar-refractivity contribution is 6.21. The van der Waals surface area contributed by atoms with Crippen molar-refractivity contribution in [2.75, 3.05) is 6.61 Å². The summed E-state index contributed by atoms with van der Waals surface area (Å²) in [6.07, 6.45) is 3.86. The third-order valence-corrected chi connectivity index (χ3v) is 12.3. The molecular formula is C28H37NO6. The first kappa shape index (κ1) is 22.8. The van der Waals surface area contributed by atoms with Gasteiger partial charge in [-0.05, 0) is 62.2 Å². The number of allylic oxidation sites excluding steroid dienone is 1. The first-order valence-electron chi connectivity index (χ1n) is 13.5. The molecule has 0 amide bonds.